The molecule has 3 rings (SSSR count). The Hall–Kier alpha value is -2.16. The largest absolute Gasteiger partial charge is 0.495 e. The first kappa shape index (κ1) is 20.6. The average molecular weight is 439 g/mol. The summed E-state index contributed by atoms with van der Waals surface area (Å²) in [6.07, 6.45) is 3.36. The number of nitrogens with one attached hydrogen (secondary N) is 1. The number of aliphatic imine (C=N–C) groups is 1. The van der Waals surface area contributed by atoms with Crippen LogP contribution in [0.25, 0.3) is 0 Å². The van der Waals surface area contributed by atoms with E-state index in [9.17, 15) is 13.2 Å². The van der Waals surface area contributed by atoms with Crippen molar-refractivity contribution in [1.29, 1.82) is 0 Å². The Morgan fingerprint density at radius 1 is 1.32 bits per heavy atom. The van der Waals surface area contributed by atoms with E-state index in [1.165, 1.54) is 30.6 Å². The number of methoxy groups -OCH3 is 1. The van der Waals surface area contributed by atoms with E-state index < -0.39 is 15.9 Å². The first-order valence-corrected chi connectivity index (χ1v) is 11.4. The molecule has 0 aliphatic carbocycles. The van der Waals surface area contributed by atoms with Crippen molar-refractivity contribution in [3.05, 3.63) is 57.4 Å². The molecule has 1 aliphatic rings. The Bertz CT molecular complexity index is 1060. The van der Waals surface area contributed by atoms with Crippen LogP contribution in [0, 0.1) is 5.92 Å². The first-order chi connectivity index (χ1) is 13.4. The van der Waals surface area contributed by atoms with Gasteiger partial charge in [-0.2, -0.15) is 0 Å². The molecule has 1 aliphatic heterocycles. The Kier molecular flexibility index (Phi) is 6.22. The van der Waals surface area contributed by atoms with Gasteiger partial charge >= 0.3 is 0 Å². The number of rotatable bonds is 7. The standard InChI is InChI=1S/C19H19ClN2O4S2/c1-3-6-12-11-14(21-17(12)18-13(20)9-10-27-18)19(23)22-28(24,25)16-8-5-4-7-15(16)26-2/h4-5,7-12H,3,6H2,1-2H3,(H,22,23). The van der Waals surface area contributed by atoms with E-state index in [1.807, 2.05) is 12.3 Å². The molecule has 1 atom stereocenters. The van der Waals surface area contributed by atoms with Crippen molar-refractivity contribution in [2.24, 2.45) is 10.9 Å². The molecule has 6 nitrogen and oxygen atoms in total. The number of hydrogen-bond donors (Lipinski definition) is 1. The predicted octanol–water partition coefficient (Wildman–Crippen LogP) is 4.02. The summed E-state index contributed by atoms with van der Waals surface area (Å²) in [5.41, 5.74) is 0.762. The lowest BCUT2D eigenvalue weighted by Crippen LogP contribution is -2.31. The smallest absolute Gasteiger partial charge is 0.283 e. The van der Waals surface area contributed by atoms with Crippen molar-refractivity contribution >= 4 is 44.6 Å². The van der Waals surface area contributed by atoms with Gasteiger partial charge in [0.25, 0.3) is 15.9 Å². The number of hydrogen-bond acceptors (Lipinski definition) is 6. The number of para-hydroxylation sites is 1. The van der Waals surface area contributed by atoms with Gasteiger partial charge in [0.05, 0.1) is 22.7 Å². The average Bonchev–Trinajstić information content (AvgIpc) is 3.27. The molecule has 1 amide bonds. The fraction of sp³-hybridized carbons (Fsp3) is 0.263. The monoisotopic (exact) mass is 438 g/mol. The van der Waals surface area contributed by atoms with Crippen LogP contribution in [0.5, 0.6) is 5.75 Å². The molecule has 9 heteroatoms. The van der Waals surface area contributed by atoms with Crippen LogP contribution >= 0.6 is 22.9 Å². The Morgan fingerprint density at radius 3 is 2.71 bits per heavy atom. The predicted molar refractivity (Wildman–Crippen MR) is 111 cm³/mol. The fourth-order valence-corrected chi connectivity index (χ4v) is 5.28. The van der Waals surface area contributed by atoms with Gasteiger partial charge in [-0.1, -0.05) is 37.1 Å². The summed E-state index contributed by atoms with van der Waals surface area (Å²) < 4.78 is 32.4. The quantitative estimate of drug-likeness (QED) is 0.707. The van der Waals surface area contributed by atoms with Crippen LogP contribution in [0.1, 0.15) is 24.6 Å². The Morgan fingerprint density at radius 2 is 2.07 bits per heavy atom. The second-order valence-corrected chi connectivity index (χ2v) is 9.10. The molecule has 148 valence electrons. The SMILES string of the molecule is CCCC1C=C(C(=O)NS(=O)(=O)c2ccccc2OC)N=C1c1sccc1Cl. The van der Waals surface area contributed by atoms with E-state index in [0.29, 0.717) is 10.7 Å². The Balaban J connectivity index is 1.88. The lowest BCUT2D eigenvalue weighted by atomic mass is 9.98. The van der Waals surface area contributed by atoms with E-state index in [2.05, 4.69) is 9.71 Å². The van der Waals surface area contributed by atoms with Gasteiger partial charge < -0.3 is 4.74 Å². The summed E-state index contributed by atoms with van der Waals surface area (Å²) in [4.78, 5) is 17.7. The molecular weight excluding hydrogens is 420 g/mol. The highest BCUT2D eigenvalue weighted by molar-refractivity contribution is 7.90. The number of thiophene rings is 1. The molecule has 0 bridgehead atoms. The van der Waals surface area contributed by atoms with Gasteiger partial charge in [-0.3, -0.25) is 4.79 Å². The molecule has 0 spiro atoms. The number of carbonyl (C=O) groups excluding carboxylic acids is 1. The lowest BCUT2D eigenvalue weighted by Gasteiger charge is -2.10. The maximum absolute atomic E-state index is 12.6. The maximum atomic E-state index is 12.6. The van der Waals surface area contributed by atoms with E-state index >= 15 is 0 Å². The minimum absolute atomic E-state index is 0.0661. The minimum atomic E-state index is -4.11. The van der Waals surface area contributed by atoms with E-state index in [4.69, 9.17) is 16.3 Å². The van der Waals surface area contributed by atoms with Crippen LogP contribution < -0.4 is 9.46 Å². The number of benzene rings is 1. The van der Waals surface area contributed by atoms with Gasteiger partial charge in [0.1, 0.15) is 16.3 Å². The molecule has 28 heavy (non-hydrogen) atoms. The van der Waals surface area contributed by atoms with Crippen LogP contribution in [0.4, 0.5) is 0 Å². The van der Waals surface area contributed by atoms with E-state index in [0.717, 1.165) is 17.7 Å². The highest BCUT2D eigenvalue weighted by atomic mass is 35.5. The third-order valence-electron chi connectivity index (χ3n) is 4.22. The zero-order chi connectivity index (χ0) is 20.3. The van der Waals surface area contributed by atoms with Crippen LogP contribution in [0.15, 0.2) is 57.4 Å². The van der Waals surface area contributed by atoms with Crippen LogP contribution in [-0.2, 0) is 14.8 Å². The first-order valence-electron chi connectivity index (χ1n) is 8.61. The zero-order valence-corrected chi connectivity index (χ0v) is 17.7. The molecule has 1 aromatic carbocycles. The van der Waals surface area contributed by atoms with Crippen LogP contribution in [0.2, 0.25) is 5.02 Å². The number of ether oxygens (including phenoxy) is 1. The molecule has 0 fully saturated rings. The summed E-state index contributed by atoms with van der Waals surface area (Å²) in [7, 11) is -2.74. The highest BCUT2D eigenvalue weighted by Crippen LogP contribution is 2.32. The molecule has 0 saturated heterocycles. The van der Waals surface area contributed by atoms with Gasteiger partial charge in [0.15, 0.2) is 0 Å². The minimum Gasteiger partial charge on any atom is -0.495 e. The highest BCUT2D eigenvalue weighted by Gasteiger charge is 2.30. The fourth-order valence-electron chi connectivity index (χ4n) is 2.94. The van der Waals surface area contributed by atoms with Crippen molar-refractivity contribution in [1.82, 2.24) is 4.72 Å². The molecule has 2 aromatic rings. The van der Waals surface area contributed by atoms with E-state index in [1.54, 1.807) is 24.3 Å². The summed E-state index contributed by atoms with van der Waals surface area (Å²) >= 11 is 7.67. The number of amides is 1. The van der Waals surface area contributed by atoms with Gasteiger partial charge in [-0.15, -0.1) is 11.3 Å². The third kappa shape index (κ3) is 4.14. The maximum Gasteiger partial charge on any atom is 0.283 e. The zero-order valence-electron chi connectivity index (χ0n) is 15.3. The summed E-state index contributed by atoms with van der Waals surface area (Å²) in [5.74, 6) is -0.716. The molecular formula is C19H19ClN2O4S2. The molecule has 1 N–H and O–H groups in total. The normalized spacial score (nSPS) is 16.5. The molecule has 1 aromatic heterocycles. The summed E-state index contributed by atoms with van der Waals surface area (Å²) in [6, 6.07) is 7.87. The number of carbonyl (C=O) groups is 1. The van der Waals surface area contributed by atoms with Crippen LogP contribution in [-0.4, -0.2) is 27.1 Å². The van der Waals surface area contributed by atoms with Crippen molar-refractivity contribution in [3.63, 3.8) is 0 Å². The second kappa shape index (κ2) is 8.46. The number of halogens is 1. The van der Waals surface area contributed by atoms with Crippen LogP contribution in [0.3, 0.4) is 0 Å². The molecule has 0 radical (unpaired) electrons. The van der Waals surface area contributed by atoms with Gasteiger partial charge in [0.2, 0.25) is 0 Å². The molecule has 2 heterocycles. The van der Waals surface area contributed by atoms with Gasteiger partial charge in [0, 0.05) is 5.92 Å². The lowest BCUT2D eigenvalue weighted by molar-refractivity contribution is -0.115. The van der Waals surface area contributed by atoms with E-state index in [-0.39, 0.29) is 22.3 Å². The Labute approximate surface area is 173 Å². The van der Waals surface area contributed by atoms with Gasteiger partial charge in [-0.25, -0.2) is 18.1 Å². The summed E-state index contributed by atoms with van der Waals surface area (Å²) in [6.45, 7) is 2.03. The summed E-state index contributed by atoms with van der Waals surface area (Å²) in [5, 5.41) is 2.43. The third-order valence-corrected chi connectivity index (χ3v) is 6.95. The number of sulfonamides is 1. The van der Waals surface area contributed by atoms with Crippen molar-refractivity contribution in [3.8, 4) is 5.75 Å². The molecule has 1 unspecified atom stereocenters. The molecule has 0 saturated carbocycles. The van der Waals surface area contributed by atoms with Crippen molar-refractivity contribution in [2.45, 2.75) is 24.7 Å². The van der Waals surface area contributed by atoms with Gasteiger partial charge in [-0.05, 0) is 36.1 Å². The number of nitrogens with zero attached hydrogens (tertiary/aromatic N) is 1. The topological polar surface area (TPSA) is 84.8 Å². The van der Waals surface area contributed by atoms with Crippen molar-refractivity contribution in [2.75, 3.05) is 7.11 Å². The van der Waals surface area contributed by atoms with Crippen molar-refractivity contribution < 1.29 is 17.9 Å². The second-order valence-electron chi connectivity index (χ2n) is 6.13. The number of allylic oxidation sites excluding steroid dienone is 1.